The van der Waals surface area contributed by atoms with E-state index in [1.54, 1.807) is 0 Å². The molecule has 0 rings (SSSR count). The Morgan fingerprint density at radius 3 is 1.50 bits per heavy atom. The maximum absolute atomic E-state index is 12.6. The quantitative estimate of drug-likeness (QED) is 0.0240. The average Bonchev–Trinajstić information content (AvgIpc) is 3.13. The van der Waals surface area contributed by atoms with Gasteiger partial charge in [-0.25, -0.2) is 4.57 Å². The summed E-state index contributed by atoms with van der Waals surface area (Å²) in [4.78, 5) is 34.9. The topological polar surface area (TPSA) is 149 Å². The zero-order valence-electron chi connectivity index (χ0n) is 32.8. The Morgan fingerprint density at radius 1 is 0.577 bits per heavy atom. The Balaban J connectivity index is 4.35. The highest BCUT2D eigenvalue weighted by Crippen LogP contribution is 2.43. The first-order valence-electron chi connectivity index (χ1n) is 20.4. The van der Waals surface area contributed by atoms with E-state index in [-0.39, 0.29) is 19.4 Å². The standard InChI is InChI=1S/C41H75O10P/c1-3-5-7-9-11-13-15-17-19-21-23-25-27-29-31-33-41(45)51-39(37-50-52(46,47)49-35-38(43)34-42)36-48-40(44)32-30-28-26-24-22-20-18-16-14-12-10-8-6-4-2/h9-12,16,18,38-39,42-43H,3-8,13-15,17,19-37H2,1-2H3,(H,46,47)/b11-9+,12-10+,18-16+/t38-,39+/m0/s1. The van der Waals surface area contributed by atoms with Crippen molar-refractivity contribution >= 4 is 19.8 Å². The summed E-state index contributed by atoms with van der Waals surface area (Å²) in [7, 11) is -4.62. The lowest BCUT2D eigenvalue weighted by Gasteiger charge is -2.20. The molecule has 0 spiro atoms. The number of aliphatic hydroxyl groups excluding tert-OH is 2. The van der Waals surface area contributed by atoms with Crippen molar-refractivity contribution in [1.82, 2.24) is 0 Å². The van der Waals surface area contributed by atoms with Crippen LogP contribution in [0.2, 0.25) is 0 Å². The van der Waals surface area contributed by atoms with E-state index in [4.69, 9.17) is 19.1 Å². The Morgan fingerprint density at radius 2 is 1.00 bits per heavy atom. The van der Waals surface area contributed by atoms with Gasteiger partial charge in [0.25, 0.3) is 0 Å². The predicted molar refractivity (Wildman–Crippen MR) is 210 cm³/mol. The summed E-state index contributed by atoms with van der Waals surface area (Å²) < 4.78 is 32.6. The van der Waals surface area contributed by atoms with Gasteiger partial charge in [-0.1, -0.05) is 140 Å². The molecule has 1 unspecified atom stereocenters. The minimum absolute atomic E-state index is 0.179. The number of ether oxygens (including phenoxy) is 2. The van der Waals surface area contributed by atoms with Gasteiger partial charge < -0.3 is 24.6 Å². The fourth-order valence-electron chi connectivity index (χ4n) is 5.28. The van der Waals surface area contributed by atoms with Crippen molar-refractivity contribution < 1.29 is 47.8 Å². The number of rotatable bonds is 38. The monoisotopic (exact) mass is 759 g/mol. The molecule has 304 valence electrons. The molecule has 0 aliphatic heterocycles. The Bertz CT molecular complexity index is 967. The summed E-state index contributed by atoms with van der Waals surface area (Å²) in [5.41, 5.74) is 0. The van der Waals surface area contributed by atoms with Crippen LogP contribution in [0.4, 0.5) is 0 Å². The molecule has 0 amide bonds. The van der Waals surface area contributed by atoms with Gasteiger partial charge in [-0.15, -0.1) is 0 Å². The van der Waals surface area contributed by atoms with Crippen LogP contribution in [0.5, 0.6) is 0 Å². The lowest BCUT2D eigenvalue weighted by Crippen LogP contribution is -2.29. The van der Waals surface area contributed by atoms with Crippen molar-refractivity contribution in [1.29, 1.82) is 0 Å². The largest absolute Gasteiger partial charge is 0.472 e. The number of esters is 2. The number of allylic oxidation sites excluding steroid dienone is 6. The molecule has 11 heteroatoms. The normalized spacial score (nSPS) is 14.3. The molecule has 0 fully saturated rings. The van der Waals surface area contributed by atoms with Crippen LogP contribution >= 0.6 is 7.82 Å². The second kappa shape index (κ2) is 37.5. The van der Waals surface area contributed by atoms with E-state index in [1.165, 1.54) is 70.6 Å². The minimum atomic E-state index is -4.62. The molecule has 0 radical (unpaired) electrons. The molecule has 0 aliphatic rings. The Kier molecular flexibility index (Phi) is 36.2. The van der Waals surface area contributed by atoms with E-state index in [1.807, 2.05) is 0 Å². The third kappa shape index (κ3) is 36.5. The van der Waals surface area contributed by atoms with Gasteiger partial charge >= 0.3 is 19.8 Å². The fraction of sp³-hybridized carbons (Fsp3) is 0.805. The Labute approximate surface area is 316 Å². The maximum Gasteiger partial charge on any atom is 0.472 e. The van der Waals surface area contributed by atoms with Crippen LogP contribution in [0, 0.1) is 0 Å². The molecular weight excluding hydrogens is 683 g/mol. The lowest BCUT2D eigenvalue weighted by atomic mass is 10.1. The molecule has 10 nitrogen and oxygen atoms in total. The number of aliphatic hydroxyl groups is 2. The van der Waals surface area contributed by atoms with Gasteiger partial charge in [0.15, 0.2) is 6.10 Å². The second-order valence-corrected chi connectivity index (χ2v) is 15.1. The van der Waals surface area contributed by atoms with Crippen molar-refractivity contribution in [3.63, 3.8) is 0 Å². The SMILES string of the molecule is CCCC/C=C/C/C=C/CCCCCCCC(=O)OC[C@H](COP(=O)(O)OC[C@@H](O)CO)OC(=O)CCCCCCCCCCC/C=C/CCCC. The zero-order valence-corrected chi connectivity index (χ0v) is 33.7. The molecule has 0 aromatic rings. The number of carbonyl (C=O) groups is 2. The van der Waals surface area contributed by atoms with Crippen LogP contribution < -0.4 is 0 Å². The van der Waals surface area contributed by atoms with Crippen molar-refractivity contribution in [3.8, 4) is 0 Å². The van der Waals surface area contributed by atoms with Crippen LogP contribution in [-0.2, 0) is 32.7 Å². The van der Waals surface area contributed by atoms with E-state index in [9.17, 15) is 24.2 Å². The number of phosphoric acid groups is 1. The van der Waals surface area contributed by atoms with Crippen LogP contribution in [0.1, 0.15) is 174 Å². The molecule has 0 saturated heterocycles. The summed E-state index contributed by atoms with van der Waals surface area (Å²) in [6.45, 7) is 2.28. The van der Waals surface area contributed by atoms with Crippen LogP contribution in [0.15, 0.2) is 36.5 Å². The first kappa shape index (κ1) is 50.2. The summed E-state index contributed by atoms with van der Waals surface area (Å²) in [5.74, 6) is -0.944. The third-order valence-electron chi connectivity index (χ3n) is 8.52. The average molecular weight is 759 g/mol. The van der Waals surface area contributed by atoms with Gasteiger partial charge in [0.2, 0.25) is 0 Å². The van der Waals surface area contributed by atoms with Crippen LogP contribution in [0.3, 0.4) is 0 Å². The first-order valence-corrected chi connectivity index (χ1v) is 21.9. The van der Waals surface area contributed by atoms with Gasteiger partial charge in [0, 0.05) is 12.8 Å². The first-order chi connectivity index (χ1) is 25.2. The summed E-state index contributed by atoms with van der Waals surface area (Å²) in [6, 6.07) is 0. The Hall–Kier alpha value is -1.81. The number of hydrogen-bond donors (Lipinski definition) is 3. The molecule has 0 saturated carbocycles. The highest BCUT2D eigenvalue weighted by molar-refractivity contribution is 7.47. The number of unbranched alkanes of at least 4 members (excludes halogenated alkanes) is 18. The van der Waals surface area contributed by atoms with Crippen LogP contribution in [0.25, 0.3) is 0 Å². The van der Waals surface area contributed by atoms with E-state index < -0.39 is 51.8 Å². The lowest BCUT2D eigenvalue weighted by molar-refractivity contribution is -0.161. The number of hydrogen-bond acceptors (Lipinski definition) is 9. The molecule has 3 atom stereocenters. The van der Waals surface area contributed by atoms with Gasteiger partial charge in [-0.2, -0.15) is 0 Å². The van der Waals surface area contributed by atoms with Crippen molar-refractivity contribution in [3.05, 3.63) is 36.5 Å². The highest BCUT2D eigenvalue weighted by Gasteiger charge is 2.27. The molecule has 0 aliphatic carbocycles. The predicted octanol–water partition coefficient (Wildman–Crippen LogP) is 10.4. The molecule has 0 aromatic heterocycles. The molecular formula is C41H75O10P. The maximum atomic E-state index is 12.6. The van der Waals surface area contributed by atoms with E-state index in [0.717, 1.165) is 64.2 Å². The second-order valence-electron chi connectivity index (χ2n) is 13.7. The molecule has 3 N–H and O–H groups in total. The number of phosphoric ester groups is 1. The van der Waals surface area contributed by atoms with E-state index >= 15 is 0 Å². The van der Waals surface area contributed by atoms with E-state index in [0.29, 0.717) is 12.8 Å². The highest BCUT2D eigenvalue weighted by atomic mass is 31.2. The van der Waals surface area contributed by atoms with Gasteiger partial charge in [0.05, 0.1) is 19.8 Å². The number of carbonyl (C=O) groups excluding carboxylic acids is 2. The van der Waals surface area contributed by atoms with Crippen molar-refractivity contribution in [2.75, 3.05) is 26.4 Å². The van der Waals surface area contributed by atoms with Crippen molar-refractivity contribution in [2.45, 2.75) is 187 Å². The smallest absolute Gasteiger partial charge is 0.462 e. The summed E-state index contributed by atoms with van der Waals surface area (Å²) in [5, 5.41) is 18.3. The molecule has 52 heavy (non-hydrogen) atoms. The summed E-state index contributed by atoms with van der Waals surface area (Å²) >= 11 is 0. The fourth-order valence-corrected chi connectivity index (χ4v) is 6.07. The van der Waals surface area contributed by atoms with E-state index in [2.05, 4.69) is 54.8 Å². The molecule has 0 aromatic carbocycles. The van der Waals surface area contributed by atoms with Gasteiger partial charge in [-0.05, 0) is 57.8 Å². The van der Waals surface area contributed by atoms with Gasteiger partial charge in [0.1, 0.15) is 12.7 Å². The molecule has 0 heterocycles. The van der Waals surface area contributed by atoms with Crippen LogP contribution in [-0.4, -0.2) is 65.7 Å². The zero-order chi connectivity index (χ0) is 38.4. The van der Waals surface area contributed by atoms with Gasteiger partial charge in [-0.3, -0.25) is 18.6 Å². The minimum Gasteiger partial charge on any atom is -0.462 e. The third-order valence-corrected chi connectivity index (χ3v) is 9.47. The summed E-state index contributed by atoms with van der Waals surface area (Å²) in [6.07, 6.45) is 36.8. The molecule has 0 bridgehead atoms. The van der Waals surface area contributed by atoms with Crippen molar-refractivity contribution in [2.24, 2.45) is 0 Å².